The minimum absolute atomic E-state index is 0.670. The van der Waals surface area contributed by atoms with Crippen LogP contribution in [0.4, 0.5) is 11.6 Å². The second kappa shape index (κ2) is 7.57. The van der Waals surface area contributed by atoms with E-state index in [-0.39, 0.29) is 0 Å². The highest BCUT2D eigenvalue weighted by atomic mass is 15.1. The molecule has 0 unspecified atom stereocenters. The lowest BCUT2D eigenvalue weighted by Crippen LogP contribution is -2.07. The Hall–Kier alpha value is -3.54. The third kappa shape index (κ3) is 3.59. The number of anilines is 2. The van der Waals surface area contributed by atoms with E-state index in [1.807, 2.05) is 36.4 Å². The number of nitrogens with zero attached hydrogens (tertiary/aromatic N) is 4. The van der Waals surface area contributed by atoms with Gasteiger partial charge in [-0.1, -0.05) is 60.7 Å². The van der Waals surface area contributed by atoms with E-state index in [0.29, 0.717) is 35.8 Å². The summed E-state index contributed by atoms with van der Waals surface area (Å²) in [6, 6.07) is 20.3. The number of rotatable bonds is 6. The topological polar surface area (TPSA) is 75.6 Å². The Bertz CT molecular complexity index is 906. The van der Waals surface area contributed by atoms with Crippen LogP contribution in [0.25, 0.3) is 11.0 Å². The van der Waals surface area contributed by atoms with E-state index < -0.39 is 0 Å². The molecule has 0 amide bonds. The summed E-state index contributed by atoms with van der Waals surface area (Å²) in [4.78, 5) is 17.4. The minimum atomic E-state index is 0.670. The van der Waals surface area contributed by atoms with Crippen molar-refractivity contribution in [2.75, 3.05) is 10.6 Å². The Morgan fingerprint density at radius 2 is 0.962 bits per heavy atom. The molecule has 0 bridgehead atoms. The van der Waals surface area contributed by atoms with Gasteiger partial charge in [0.1, 0.15) is 23.7 Å². The molecule has 2 aromatic carbocycles. The molecule has 4 rings (SSSR count). The van der Waals surface area contributed by atoms with Crippen molar-refractivity contribution in [1.82, 2.24) is 19.9 Å². The Morgan fingerprint density at radius 1 is 0.538 bits per heavy atom. The van der Waals surface area contributed by atoms with Crippen molar-refractivity contribution >= 4 is 22.7 Å². The average molecular weight is 342 g/mol. The molecule has 0 saturated heterocycles. The molecule has 0 fully saturated rings. The lowest BCUT2D eigenvalue weighted by molar-refractivity contribution is 1.06. The van der Waals surface area contributed by atoms with E-state index in [1.165, 1.54) is 23.8 Å². The molecule has 26 heavy (non-hydrogen) atoms. The summed E-state index contributed by atoms with van der Waals surface area (Å²) < 4.78 is 0. The van der Waals surface area contributed by atoms with Gasteiger partial charge in [0.15, 0.2) is 11.6 Å². The number of hydrogen-bond acceptors (Lipinski definition) is 6. The predicted octanol–water partition coefficient (Wildman–Crippen LogP) is 3.64. The maximum atomic E-state index is 4.37. The standard InChI is InChI=1S/C20H18N6/c1-3-7-15(8-4-1)11-21-19-17-18(24-13-25-19)20(26-14-23-17)22-12-16-9-5-2-6-10-16/h1-10,13-14H,11-12H2,(H,21,24,25)(H,22,23,26). The van der Waals surface area contributed by atoms with Gasteiger partial charge in [0.05, 0.1) is 0 Å². The predicted molar refractivity (Wildman–Crippen MR) is 103 cm³/mol. The fraction of sp³-hybridized carbons (Fsp3) is 0.100. The Balaban J connectivity index is 1.56. The molecule has 128 valence electrons. The maximum Gasteiger partial charge on any atom is 0.156 e. The smallest absolute Gasteiger partial charge is 0.156 e. The van der Waals surface area contributed by atoms with Gasteiger partial charge in [-0.15, -0.1) is 0 Å². The lowest BCUT2D eigenvalue weighted by atomic mass is 10.2. The first-order valence-corrected chi connectivity index (χ1v) is 8.41. The number of hydrogen-bond donors (Lipinski definition) is 2. The maximum absolute atomic E-state index is 4.37. The average Bonchev–Trinajstić information content (AvgIpc) is 2.72. The van der Waals surface area contributed by atoms with Gasteiger partial charge in [0.2, 0.25) is 0 Å². The van der Waals surface area contributed by atoms with Crippen LogP contribution in [0, 0.1) is 0 Å². The molecule has 0 aliphatic rings. The first kappa shape index (κ1) is 16.0. The van der Waals surface area contributed by atoms with Crippen LogP contribution in [0.2, 0.25) is 0 Å². The van der Waals surface area contributed by atoms with E-state index in [4.69, 9.17) is 0 Å². The molecule has 2 heterocycles. The molecular weight excluding hydrogens is 324 g/mol. The van der Waals surface area contributed by atoms with Crippen LogP contribution in [-0.4, -0.2) is 19.9 Å². The second-order valence-electron chi connectivity index (χ2n) is 5.82. The molecule has 6 heteroatoms. The number of nitrogens with one attached hydrogen (secondary N) is 2. The van der Waals surface area contributed by atoms with E-state index >= 15 is 0 Å². The monoisotopic (exact) mass is 342 g/mol. The molecule has 0 aliphatic carbocycles. The third-order valence-electron chi connectivity index (χ3n) is 4.03. The largest absolute Gasteiger partial charge is 0.364 e. The molecule has 0 atom stereocenters. The van der Waals surface area contributed by atoms with Gasteiger partial charge in [-0.05, 0) is 11.1 Å². The quantitative estimate of drug-likeness (QED) is 0.557. The zero-order chi connectivity index (χ0) is 17.6. The molecular formula is C20H18N6. The van der Waals surface area contributed by atoms with Crippen molar-refractivity contribution in [2.24, 2.45) is 0 Å². The zero-order valence-corrected chi connectivity index (χ0v) is 14.1. The molecule has 2 N–H and O–H groups in total. The molecule has 4 aromatic rings. The summed E-state index contributed by atoms with van der Waals surface area (Å²) in [6.45, 7) is 1.34. The summed E-state index contributed by atoms with van der Waals surface area (Å²) in [5.41, 5.74) is 3.76. The van der Waals surface area contributed by atoms with Gasteiger partial charge in [-0.25, -0.2) is 19.9 Å². The van der Waals surface area contributed by atoms with Crippen LogP contribution in [0.1, 0.15) is 11.1 Å². The van der Waals surface area contributed by atoms with E-state index in [2.05, 4.69) is 54.8 Å². The molecule has 2 aromatic heterocycles. The molecule has 0 aliphatic heterocycles. The Kier molecular flexibility index (Phi) is 4.64. The number of aromatic nitrogens is 4. The molecule has 0 radical (unpaired) electrons. The Morgan fingerprint density at radius 3 is 1.38 bits per heavy atom. The first-order valence-electron chi connectivity index (χ1n) is 8.41. The van der Waals surface area contributed by atoms with Gasteiger partial charge < -0.3 is 10.6 Å². The summed E-state index contributed by atoms with van der Waals surface area (Å²) in [5.74, 6) is 1.40. The van der Waals surface area contributed by atoms with Gasteiger partial charge in [0, 0.05) is 13.1 Å². The van der Waals surface area contributed by atoms with Gasteiger partial charge in [-0.3, -0.25) is 0 Å². The Labute approximate surface area is 151 Å². The van der Waals surface area contributed by atoms with Crippen molar-refractivity contribution in [3.8, 4) is 0 Å². The highest BCUT2D eigenvalue weighted by molar-refractivity contribution is 5.91. The van der Waals surface area contributed by atoms with Gasteiger partial charge in [-0.2, -0.15) is 0 Å². The summed E-state index contributed by atoms with van der Waals surface area (Å²) in [6.07, 6.45) is 3.07. The van der Waals surface area contributed by atoms with Crippen LogP contribution in [0.5, 0.6) is 0 Å². The van der Waals surface area contributed by atoms with Crippen LogP contribution >= 0.6 is 0 Å². The molecule has 0 spiro atoms. The number of fused-ring (bicyclic) bond motifs is 1. The zero-order valence-electron chi connectivity index (χ0n) is 14.1. The third-order valence-corrected chi connectivity index (χ3v) is 4.03. The van der Waals surface area contributed by atoms with Crippen molar-refractivity contribution in [3.63, 3.8) is 0 Å². The van der Waals surface area contributed by atoms with Crippen LogP contribution < -0.4 is 10.6 Å². The van der Waals surface area contributed by atoms with Gasteiger partial charge >= 0.3 is 0 Å². The minimum Gasteiger partial charge on any atom is -0.364 e. The van der Waals surface area contributed by atoms with Gasteiger partial charge in [0.25, 0.3) is 0 Å². The van der Waals surface area contributed by atoms with E-state index in [1.54, 1.807) is 0 Å². The number of benzene rings is 2. The summed E-state index contributed by atoms with van der Waals surface area (Å²) >= 11 is 0. The van der Waals surface area contributed by atoms with Crippen molar-refractivity contribution in [2.45, 2.75) is 13.1 Å². The van der Waals surface area contributed by atoms with Crippen LogP contribution in [-0.2, 0) is 13.1 Å². The van der Waals surface area contributed by atoms with Crippen LogP contribution in [0.15, 0.2) is 73.3 Å². The highest BCUT2D eigenvalue weighted by Gasteiger charge is 2.10. The van der Waals surface area contributed by atoms with Crippen molar-refractivity contribution in [3.05, 3.63) is 84.4 Å². The second-order valence-corrected chi connectivity index (χ2v) is 5.82. The first-order chi connectivity index (χ1) is 12.9. The SMILES string of the molecule is c1ccc(CNc2ncnc3c(NCc4ccccc4)ncnc23)cc1. The summed E-state index contributed by atoms with van der Waals surface area (Å²) in [7, 11) is 0. The fourth-order valence-electron chi connectivity index (χ4n) is 2.70. The summed E-state index contributed by atoms with van der Waals surface area (Å²) in [5, 5.41) is 6.67. The van der Waals surface area contributed by atoms with Crippen molar-refractivity contribution < 1.29 is 0 Å². The molecule has 6 nitrogen and oxygen atoms in total. The van der Waals surface area contributed by atoms with Crippen LogP contribution in [0.3, 0.4) is 0 Å². The van der Waals surface area contributed by atoms with E-state index in [0.717, 1.165) is 0 Å². The molecule has 0 saturated carbocycles. The van der Waals surface area contributed by atoms with E-state index in [9.17, 15) is 0 Å². The van der Waals surface area contributed by atoms with Crippen molar-refractivity contribution in [1.29, 1.82) is 0 Å². The normalized spacial score (nSPS) is 10.6. The fourth-order valence-corrected chi connectivity index (χ4v) is 2.70. The lowest BCUT2D eigenvalue weighted by Gasteiger charge is -2.10. The highest BCUT2D eigenvalue weighted by Crippen LogP contribution is 2.22.